The normalized spacial score (nSPS) is 10.6. The Hall–Kier alpha value is -3.16. The Labute approximate surface area is 137 Å². The van der Waals surface area contributed by atoms with Gasteiger partial charge in [-0.3, -0.25) is 10.00 Å². The molecule has 0 spiro atoms. The number of halogens is 1. The summed E-state index contributed by atoms with van der Waals surface area (Å²) < 4.78 is 20.7. The first-order chi connectivity index (χ1) is 11.6. The molecule has 2 heterocycles. The molecule has 2 N–H and O–H groups in total. The first-order valence-corrected chi connectivity index (χ1v) is 7.29. The van der Waals surface area contributed by atoms with E-state index in [1.165, 1.54) is 6.07 Å². The van der Waals surface area contributed by atoms with Crippen LogP contribution in [0.3, 0.4) is 0 Å². The topological polar surface area (TPSA) is 85.0 Å². The number of benzene rings is 1. The summed E-state index contributed by atoms with van der Waals surface area (Å²) in [5.74, 6) is 0.120. The summed E-state index contributed by atoms with van der Waals surface area (Å²) in [6.45, 7) is 2.02. The number of nitrogens with one attached hydrogen (secondary N) is 2. The molecule has 7 nitrogen and oxygen atoms in total. The highest BCUT2D eigenvalue weighted by atomic mass is 19.1. The predicted molar refractivity (Wildman–Crippen MR) is 85.7 cm³/mol. The molecule has 0 radical (unpaired) electrons. The van der Waals surface area contributed by atoms with Gasteiger partial charge in [0.05, 0.1) is 17.8 Å². The van der Waals surface area contributed by atoms with Crippen LogP contribution in [0.25, 0.3) is 11.3 Å². The molecule has 1 aromatic carbocycles. The van der Waals surface area contributed by atoms with Gasteiger partial charge in [0.1, 0.15) is 5.82 Å². The second-order valence-electron chi connectivity index (χ2n) is 5.22. The average molecular weight is 329 g/mol. The zero-order valence-corrected chi connectivity index (χ0v) is 13.2. The summed E-state index contributed by atoms with van der Waals surface area (Å²) in [4.78, 5) is 12.0. The molecule has 3 rings (SSSR count). The Morgan fingerprint density at radius 3 is 2.83 bits per heavy atom. The molecule has 24 heavy (non-hydrogen) atoms. The molecule has 3 aromatic rings. The summed E-state index contributed by atoms with van der Waals surface area (Å²) in [5, 5.41) is 13.1. The van der Waals surface area contributed by atoms with E-state index >= 15 is 0 Å². The van der Waals surface area contributed by atoms with Crippen LogP contribution in [0.4, 0.5) is 15.0 Å². The van der Waals surface area contributed by atoms with E-state index < -0.39 is 11.8 Å². The Morgan fingerprint density at radius 1 is 1.33 bits per heavy atom. The second kappa shape index (κ2) is 6.53. The SMILES string of the molecule is Cc1c(NC(=O)NCc2ccnn2C)noc1-c1ccccc1F. The maximum Gasteiger partial charge on any atom is 0.320 e. The number of hydrogen-bond donors (Lipinski definition) is 2. The monoisotopic (exact) mass is 329 g/mol. The zero-order valence-electron chi connectivity index (χ0n) is 13.2. The van der Waals surface area contributed by atoms with Gasteiger partial charge in [-0.1, -0.05) is 17.3 Å². The Bertz CT molecular complexity index is 871. The number of rotatable bonds is 4. The van der Waals surface area contributed by atoms with Gasteiger partial charge in [-0.15, -0.1) is 0 Å². The molecule has 0 fully saturated rings. The van der Waals surface area contributed by atoms with Gasteiger partial charge in [0.15, 0.2) is 11.6 Å². The van der Waals surface area contributed by atoms with Crippen molar-refractivity contribution >= 4 is 11.8 Å². The number of amides is 2. The number of aryl methyl sites for hydroxylation is 1. The Morgan fingerprint density at radius 2 is 2.12 bits per heavy atom. The van der Waals surface area contributed by atoms with E-state index in [0.717, 1.165) is 5.69 Å². The van der Waals surface area contributed by atoms with Crippen molar-refractivity contribution in [3.05, 3.63) is 53.6 Å². The van der Waals surface area contributed by atoms with E-state index in [-0.39, 0.29) is 11.6 Å². The van der Waals surface area contributed by atoms with Crippen molar-refractivity contribution < 1.29 is 13.7 Å². The molecule has 0 aliphatic rings. The number of aromatic nitrogens is 3. The van der Waals surface area contributed by atoms with Gasteiger partial charge in [0.2, 0.25) is 0 Å². The van der Waals surface area contributed by atoms with Crippen LogP contribution < -0.4 is 10.6 Å². The van der Waals surface area contributed by atoms with E-state index in [4.69, 9.17) is 4.52 Å². The first-order valence-electron chi connectivity index (χ1n) is 7.29. The number of urea groups is 1. The predicted octanol–water partition coefficient (Wildman–Crippen LogP) is 2.84. The van der Waals surface area contributed by atoms with Gasteiger partial charge >= 0.3 is 6.03 Å². The van der Waals surface area contributed by atoms with Crippen LogP contribution >= 0.6 is 0 Å². The molecule has 0 unspecified atom stereocenters. The Balaban J connectivity index is 1.69. The lowest BCUT2D eigenvalue weighted by Crippen LogP contribution is -2.29. The van der Waals surface area contributed by atoms with E-state index in [1.54, 1.807) is 49.1 Å². The fourth-order valence-corrected chi connectivity index (χ4v) is 2.25. The maximum atomic E-state index is 13.8. The van der Waals surface area contributed by atoms with Gasteiger partial charge in [0.25, 0.3) is 0 Å². The molecular weight excluding hydrogens is 313 g/mol. The van der Waals surface area contributed by atoms with Crippen LogP contribution in [-0.4, -0.2) is 21.0 Å². The van der Waals surface area contributed by atoms with Crippen molar-refractivity contribution in [2.45, 2.75) is 13.5 Å². The molecule has 2 aromatic heterocycles. The summed E-state index contributed by atoms with van der Waals surface area (Å²) in [6.07, 6.45) is 1.65. The first kappa shape index (κ1) is 15.7. The summed E-state index contributed by atoms with van der Waals surface area (Å²) in [5.41, 5.74) is 1.70. The molecule has 8 heteroatoms. The van der Waals surface area contributed by atoms with Crippen LogP contribution in [0.2, 0.25) is 0 Å². The van der Waals surface area contributed by atoms with Crippen molar-refractivity contribution in [3.63, 3.8) is 0 Å². The third-order valence-electron chi connectivity index (χ3n) is 3.63. The van der Waals surface area contributed by atoms with Gasteiger partial charge in [-0.25, -0.2) is 9.18 Å². The van der Waals surface area contributed by atoms with Gasteiger partial charge in [-0.05, 0) is 25.1 Å². The van der Waals surface area contributed by atoms with E-state index in [0.29, 0.717) is 17.7 Å². The number of carbonyl (C=O) groups excluding carboxylic acids is 1. The lowest BCUT2D eigenvalue weighted by Gasteiger charge is -2.06. The van der Waals surface area contributed by atoms with Gasteiger partial charge in [-0.2, -0.15) is 5.10 Å². The smallest absolute Gasteiger partial charge is 0.320 e. The molecular formula is C16H16FN5O2. The van der Waals surface area contributed by atoms with Crippen molar-refractivity contribution in [1.82, 2.24) is 20.3 Å². The highest BCUT2D eigenvalue weighted by Crippen LogP contribution is 2.30. The minimum Gasteiger partial charge on any atom is -0.354 e. The minimum atomic E-state index is -0.437. The second-order valence-corrected chi connectivity index (χ2v) is 5.22. The number of nitrogens with zero attached hydrogens (tertiary/aromatic N) is 3. The third-order valence-corrected chi connectivity index (χ3v) is 3.63. The molecule has 0 aliphatic heterocycles. The highest BCUT2D eigenvalue weighted by molar-refractivity contribution is 5.89. The van der Waals surface area contributed by atoms with Crippen LogP contribution in [0, 0.1) is 12.7 Å². The van der Waals surface area contributed by atoms with Gasteiger partial charge in [0, 0.05) is 18.8 Å². The molecule has 124 valence electrons. The molecule has 0 atom stereocenters. The third kappa shape index (κ3) is 3.12. The largest absolute Gasteiger partial charge is 0.354 e. The quantitative estimate of drug-likeness (QED) is 0.771. The fraction of sp³-hybridized carbons (Fsp3) is 0.188. The van der Waals surface area contributed by atoms with Gasteiger partial charge < -0.3 is 9.84 Å². The van der Waals surface area contributed by atoms with Crippen molar-refractivity contribution in [1.29, 1.82) is 0 Å². The lowest BCUT2D eigenvalue weighted by molar-refractivity contribution is 0.251. The zero-order chi connectivity index (χ0) is 17.1. The standard InChI is InChI=1S/C16H16FN5O2/c1-10-14(12-5-3-4-6-13(12)17)24-21-15(10)20-16(23)18-9-11-7-8-19-22(11)2/h3-8H,9H2,1-2H3,(H2,18,20,21,23). The number of carbonyl (C=O) groups is 1. The van der Waals surface area contributed by atoms with Crippen molar-refractivity contribution in [2.24, 2.45) is 7.05 Å². The molecule has 0 aliphatic carbocycles. The summed E-state index contributed by atoms with van der Waals surface area (Å²) in [6, 6.07) is 7.59. The van der Waals surface area contributed by atoms with Crippen LogP contribution in [0.5, 0.6) is 0 Å². The van der Waals surface area contributed by atoms with Crippen LogP contribution in [0.15, 0.2) is 41.1 Å². The van der Waals surface area contributed by atoms with Crippen molar-refractivity contribution in [2.75, 3.05) is 5.32 Å². The minimum absolute atomic E-state index is 0.246. The fourth-order valence-electron chi connectivity index (χ4n) is 2.25. The number of hydrogen-bond acceptors (Lipinski definition) is 4. The van der Waals surface area contributed by atoms with Crippen LogP contribution in [-0.2, 0) is 13.6 Å². The molecule has 0 bridgehead atoms. The van der Waals surface area contributed by atoms with Crippen molar-refractivity contribution in [3.8, 4) is 11.3 Å². The molecule has 2 amide bonds. The van der Waals surface area contributed by atoms with Crippen LogP contribution in [0.1, 0.15) is 11.3 Å². The van der Waals surface area contributed by atoms with E-state index in [2.05, 4.69) is 20.9 Å². The average Bonchev–Trinajstić information content (AvgIpc) is 3.13. The lowest BCUT2D eigenvalue weighted by atomic mass is 10.1. The highest BCUT2D eigenvalue weighted by Gasteiger charge is 2.18. The summed E-state index contributed by atoms with van der Waals surface area (Å²) >= 11 is 0. The molecule has 0 saturated heterocycles. The van der Waals surface area contributed by atoms with E-state index in [9.17, 15) is 9.18 Å². The summed E-state index contributed by atoms with van der Waals surface area (Å²) in [7, 11) is 1.79. The number of anilines is 1. The molecule has 0 saturated carbocycles. The van der Waals surface area contributed by atoms with E-state index in [1.807, 2.05) is 0 Å². The Kier molecular flexibility index (Phi) is 4.28. The maximum absolute atomic E-state index is 13.8.